The third-order valence-corrected chi connectivity index (χ3v) is 6.89. The molecule has 1 saturated heterocycles. The van der Waals surface area contributed by atoms with Gasteiger partial charge >= 0.3 is 6.55 Å². The molecule has 1 aliphatic carbocycles. The van der Waals surface area contributed by atoms with Crippen molar-refractivity contribution in [1.82, 2.24) is 24.4 Å². The molecular weight excluding hydrogens is 410 g/mol. The van der Waals surface area contributed by atoms with E-state index in [1.165, 1.54) is 29.3 Å². The van der Waals surface area contributed by atoms with Gasteiger partial charge in [-0.25, -0.2) is 15.0 Å². The van der Waals surface area contributed by atoms with Crippen molar-refractivity contribution in [3.8, 4) is 0 Å². The largest absolute Gasteiger partial charge is 0.379 e. The molecule has 0 unspecified atom stereocenters. The summed E-state index contributed by atoms with van der Waals surface area (Å²) in [7, 11) is 0. The molecule has 2 aliphatic rings. The summed E-state index contributed by atoms with van der Waals surface area (Å²) in [4.78, 5) is 18.4. The van der Waals surface area contributed by atoms with Crippen molar-refractivity contribution in [2.24, 2.45) is 0 Å². The fourth-order valence-electron chi connectivity index (χ4n) is 4.18. The highest BCUT2D eigenvalue weighted by atomic mass is 32.1. The van der Waals surface area contributed by atoms with Crippen LogP contribution < -0.4 is 5.32 Å². The Kier molecular flexibility index (Phi) is 5.62. The molecule has 0 bridgehead atoms. The van der Waals surface area contributed by atoms with Crippen molar-refractivity contribution in [2.75, 3.05) is 31.6 Å². The van der Waals surface area contributed by atoms with Crippen LogP contribution in [0.5, 0.6) is 0 Å². The number of imidazole rings is 1. The summed E-state index contributed by atoms with van der Waals surface area (Å²) in [5, 5.41) is 4.35. The molecule has 0 aromatic carbocycles. The predicted molar refractivity (Wildman–Crippen MR) is 111 cm³/mol. The number of morpholine rings is 1. The smallest absolute Gasteiger partial charge is 0.319 e. The van der Waals surface area contributed by atoms with E-state index in [4.69, 9.17) is 14.7 Å². The Hall–Kier alpha value is -2.17. The molecule has 3 aromatic rings. The zero-order valence-corrected chi connectivity index (χ0v) is 17.4. The van der Waals surface area contributed by atoms with Crippen molar-refractivity contribution in [1.29, 1.82) is 0 Å². The first kappa shape index (κ1) is 19.8. The predicted octanol–water partition coefficient (Wildman–Crippen LogP) is 3.61. The molecule has 0 atom stereocenters. The number of aromatic nitrogens is 4. The van der Waals surface area contributed by atoms with Crippen LogP contribution in [0.1, 0.15) is 41.5 Å². The molecule has 1 N–H and O–H groups in total. The number of hydrogen-bond acceptors (Lipinski definition) is 7. The lowest BCUT2D eigenvalue weighted by Gasteiger charge is -2.25. The fraction of sp³-hybridized carbons (Fsp3) is 0.550. The van der Waals surface area contributed by atoms with E-state index in [1.807, 2.05) is 0 Å². The molecule has 0 spiro atoms. The highest BCUT2D eigenvalue weighted by Gasteiger charge is 2.22. The van der Waals surface area contributed by atoms with Gasteiger partial charge in [0.2, 0.25) is 0 Å². The molecule has 1 aliphatic heterocycles. The van der Waals surface area contributed by atoms with Gasteiger partial charge < -0.3 is 10.1 Å². The summed E-state index contributed by atoms with van der Waals surface area (Å²) < 4.78 is 32.7. The number of alkyl halides is 2. The molecule has 10 heteroatoms. The molecular formula is C20H24F2N6OS. The van der Waals surface area contributed by atoms with Crippen LogP contribution in [-0.2, 0) is 30.7 Å². The monoisotopic (exact) mass is 434 g/mol. The summed E-state index contributed by atoms with van der Waals surface area (Å²) >= 11 is 1.75. The summed E-state index contributed by atoms with van der Waals surface area (Å²) in [5.41, 5.74) is 1.32. The lowest BCUT2D eigenvalue weighted by molar-refractivity contribution is 0.0331. The van der Waals surface area contributed by atoms with Gasteiger partial charge in [-0.2, -0.15) is 8.78 Å². The quantitative estimate of drug-likeness (QED) is 0.639. The first-order valence-corrected chi connectivity index (χ1v) is 11.2. The molecule has 30 heavy (non-hydrogen) atoms. The van der Waals surface area contributed by atoms with E-state index in [-0.39, 0.29) is 12.4 Å². The number of aryl methyl sites for hydroxylation is 2. The average Bonchev–Trinajstić information content (AvgIpc) is 3.37. The molecule has 7 nitrogen and oxygen atoms in total. The first-order chi connectivity index (χ1) is 14.7. The Balaban J connectivity index is 1.48. The van der Waals surface area contributed by atoms with Crippen molar-refractivity contribution in [3.05, 3.63) is 34.5 Å². The van der Waals surface area contributed by atoms with E-state index in [2.05, 4.69) is 15.2 Å². The molecule has 0 saturated carbocycles. The second kappa shape index (κ2) is 8.52. The number of nitrogens with one attached hydrogen (secondary N) is 1. The maximum absolute atomic E-state index is 13.2. The normalized spacial score (nSPS) is 17.6. The standard InChI is InChI=1S/C20H24F2N6OS/c21-20(22)28-6-5-23-16(28)11-24-18-17-13-3-1-2-4-14(13)30-19(17)26-15(25-18)12-27-7-9-29-10-8-27/h5-6,20H,1-4,7-12H2,(H,24,25,26). The topological polar surface area (TPSA) is 68.1 Å². The minimum atomic E-state index is -2.61. The Labute approximate surface area is 177 Å². The van der Waals surface area contributed by atoms with Gasteiger partial charge in [-0.15, -0.1) is 11.3 Å². The molecule has 0 radical (unpaired) electrons. The number of halogens is 2. The molecule has 4 heterocycles. The van der Waals surface area contributed by atoms with E-state index in [0.717, 1.165) is 72.0 Å². The minimum Gasteiger partial charge on any atom is -0.379 e. The first-order valence-electron chi connectivity index (χ1n) is 10.3. The lowest BCUT2D eigenvalue weighted by Crippen LogP contribution is -2.36. The molecule has 5 rings (SSSR count). The van der Waals surface area contributed by atoms with Crippen molar-refractivity contribution in [2.45, 2.75) is 45.3 Å². The van der Waals surface area contributed by atoms with Gasteiger partial charge in [-0.3, -0.25) is 9.47 Å². The van der Waals surface area contributed by atoms with Gasteiger partial charge in [0.25, 0.3) is 0 Å². The van der Waals surface area contributed by atoms with Crippen molar-refractivity contribution in [3.63, 3.8) is 0 Å². The van der Waals surface area contributed by atoms with Crippen LogP contribution in [-0.4, -0.2) is 50.7 Å². The summed E-state index contributed by atoms with van der Waals surface area (Å²) in [6.07, 6.45) is 7.14. The van der Waals surface area contributed by atoms with Crippen LogP contribution in [0.25, 0.3) is 10.2 Å². The van der Waals surface area contributed by atoms with Gasteiger partial charge in [0.1, 0.15) is 22.3 Å². The number of nitrogens with zero attached hydrogens (tertiary/aromatic N) is 5. The maximum Gasteiger partial charge on any atom is 0.319 e. The van der Waals surface area contributed by atoms with Crippen LogP contribution in [0.4, 0.5) is 14.6 Å². The van der Waals surface area contributed by atoms with Gasteiger partial charge in [-0.05, 0) is 31.2 Å². The number of rotatable bonds is 6. The Morgan fingerprint density at radius 3 is 2.83 bits per heavy atom. The average molecular weight is 435 g/mol. The van der Waals surface area contributed by atoms with Gasteiger partial charge in [-0.1, -0.05) is 0 Å². The molecule has 0 amide bonds. The third-order valence-electron chi connectivity index (χ3n) is 5.70. The zero-order valence-electron chi connectivity index (χ0n) is 16.6. The van der Waals surface area contributed by atoms with Gasteiger partial charge in [0.15, 0.2) is 0 Å². The maximum atomic E-state index is 13.2. The van der Waals surface area contributed by atoms with Crippen LogP contribution in [0, 0.1) is 0 Å². The zero-order chi connectivity index (χ0) is 20.5. The summed E-state index contributed by atoms with van der Waals surface area (Å²) in [6.45, 7) is 1.38. The Morgan fingerprint density at radius 2 is 2.00 bits per heavy atom. The highest BCUT2D eigenvalue weighted by molar-refractivity contribution is 7.19. The van der Waals surface area contributed by atoms with E-state index in [1.54, 1.807) is 11.3 Å². The second-order valence-corrected chi connectivity index (χ2v) is 8.73. The van der Waals surface area contributed by atoms with Crippen molar-refractivity contribution < 1.29 is 13.5 Å². The molecule has 3 aromatic heterocycles. The SMILES string of the molecule is FC(F)n1ccnc1CNc1nc(CN2CCOCC2)nc2sc3c(c12)CCCC3. The van der Waals surface area contributed by atoms with Crippen molar-refractivity contribution >= 4 is 27.4 Å². The summed E-state index contributed by atoms with van der Waals surface area (Å²) in [6, 6.07) is 0. The van der Waals surface area contributed by atoms with E-state index >= 15 is 0 Å². The summed E-state index contributed by atoms with van der Waals surface area (Å²) in [5.74, 6) is 1.77. The number of fused-ring (bicyclic) bond motifs is 3. The highest BCUT2D eigenvalue weighted by Crippen LogP contribution is 2.38. The van der Waals surface area contributed by atoms with Gasteiger partial charge in [0, 0.05) is 30.4 Å². The Morgan fingerprint density at radius 1 is 1.17 bits per heavy atom. The van der Waals surface area contributed by atoms with Crippen LogP contribution in [0.3, 0.4) is 0 Å². The van der Waals surface area contributed by atoms with Gasteiger partial charge in [0.05, 0.1) is 31.7 Å². The fourth-order valence-corrected chi connectivity index (χ4v) is 5.46. The van der Waals surface area contributed by atoms with Crippen LogP contribution in [0.15, 0.2) is 12.4 Å². The number of ether oxygens (including phenoxy) is 1. The second-order valence-electron chi connectivity index (χ2n) is 7.65. The van der Waals surface area contributed by atoms with Crippen LogP contribution in [0.2, 0.25) is 0 Å². The van der Waals surface area contributed by atoms with E-state index in [0.29, 0.717) is 6.54 Å². The van der Waals surface area contributed by atoms with E-state index < -0.39 is 6.55 Å². The van der Waals surface area contributed by atoms with Crippen LogP contribution >= 0.6 is 11.3 Å². The molecule has 1 fully saturated rings. The van der Waals surface area contributed by atoms with E-state index in [9.17, 15) is 8.78 Å². The molecule has 160 valence electrons. The number of hydrogen-bond donors (Lipinski definition) is 1. The number of thiophene rings is 1. The minimum absolute atomic E-state index is 0.186. The number of anilines is 1. The lowest BCUT2D eigenvalue weighted by atomic mass is 9.97. The third kappa shape index (κ3) is 3.91. The Bertz CT molecular complexity index is 1030.